The summed E-state index contributed by atoms with van der Waals surface area (Å²) in [6.45, 7) is 4.08. The van der Waals surface area contributed by atoms with Crippen LogP contribution in [-0.2, 0) is 0 Å². The standard InChI is InChI=1S/C12H16FNO2/c1-8(2)14(3)7-12(16)10-6-9(13)4-5-11(10)15/h4-6,8,15H,7H2,1-3H3. The second-order valence-corrected chi connectivity index (χ2v) is 4.09. The third kappa shape index (κ3) is 3.03. The summed E-state index contributed by atoms with van der Waals surface area (Å²) in [5, 5.41) is 9.45. The maximum absolute atomic E-state index is 12.9. The van der Waals surface area contributed by atoms with Crippen molar-refractivity contribution in [3.05, 3.63) is 29.6 Å². The van der Waals surface area contributed by atoms with Gasteiger partial charge < -0.3 is 5.11 Å². The van der Waals surface area contributed by atoms with E-state index >= 15 is 0 Å². The zero-order valence-electron chi connectivity index (χ0n) is 9.70. The van der Waals surface area contributed by atoms with E-state index in [2.05, 4.69) is 0 Å². The summed E-state index contributed by atoms with van der Waals surface area (Å²) in [4.78, 5) is 13.6. The largest absolute Gasteiger partial charge is 0.507 e. The molecule has 4 heteroatoms. The lowest BCUT2D eigenvalue weighted by Crippen LogP contribution is -2.31. The summed E-state index contributed by atoms with van der Waals surface area (Å²) in [5.74, 6) is -0.981. The Morgan fingerprint density at radius 1 is 1.50 bits per heavy atom. The molecule has 1 aromatic carbocycles. The van der Waals surface area contributed by atoms with E-state index in [4.69, 9.17) is 0 Å². The van der Waals surface area contributed by atoms with Crippen molar-refractivity contribution in [1.29, 1.82) is 0 Å². The summed E-state index contributed by atoms with van der Waals surface area (Å²) in [6.07, 6.45) is 0. The molecule has 0 amide bonds. The number of ketones is 1. The molecule has 88 valence electrons. The fourth-order valence-corrected chi connectivity index (χ4v) is 1.23. The summed E-state index contributed by atoms with van der Waals surface area (Å²) in [7, 11) is 1.80. The van der Waals surface area contributed by atoms with Crippen molar-refractivity contribution in [2.24, 2.45) is 0 Å². The molecule has 0 saturated carbocycles. The Morgan fingerprint density at radius 2 is 2.12 bits per heavy atom. The van der Waals surface area contributed by atoms with E-state index in [1.807, 2.05) is 18.7 Å². The number of benzene rings is 1. The highest BCUT2D eigenvalue weighted by Crippen LogP contribution is 2.18. The van der Waals surface area contributed by atoms with Gasteiger partial charge in [-0.2, -0.15) is 0 Å². The minimum atomic E-state index is -0.520. The SMILES string of the molecule is CC(C)N(C)CC(=O)c1cc(F)ccc1O. The van der Waals surface area contributed by atoms with Gasteiger partial charge in [0, 0.05) is 6.04 Å². The summed E-state index contributed by atoms with van der Waals surface area (Å²) < 4.78 is 12.9. The number of Topliss-reactive ketones (excluding diaryl/α,β-unsaturated/α-hetero) is 1. The number of phenols is 1. The molecule has 0 bridgehead atoms. The number of hydrogen-bond donors (Lipinski definition) is 1. The van der Waals surface area contributed by atoms with E-state index in [1.165, 1.54) is 6.07 Å². The third-order valence-corrected chi connectivity index (χ3v) is 2.53. The number of likely N-dealkylation sites (N-methyl/N-ethyl adjacent to an activating group) is 1. The molecule has 0 spiro atoms. The quantitative estimate of drug-likeness (QED) is 0.797. The molecule has 0 aliphatic heterocycles. The Morgan fingerprint density at radius 3 is 2.69 bits per heavy atom. The Bertz CT molecular complexity index is 391. The van der Waals surface area contributed by atoms with Crippen molar-refractivity contribution in [3.8, 4) is 5.75 Å². The molecule has 0 heterocycles. The highest BCUT2D eigenvalue weighted by Gasteiger charge is 2.15. The minimum Gasteiger partial charge on any atom is -0.507 e. The molecular formula is C12H16FNO2. The van der Waals surface area contributed by atoms with Crippen LogP contribution in [0.5, 0.6) is 5.75 Å². The number of carbonyl (C=O) groups excluding carboxylic acids is 1. The van der Waals surface area contributed by atoms with Gasteiger partial charge in [0.05, 0.1) is 12.1 Å². The van der Waals surface area contributed by atoms with Gasteiger partial charge in [-0.3, -0.25) is 9.69 Å². The molecule has 0 aliphatic carbocycles. The van der Waals surface area contributed by atoms with E-state index in [-0.39, 0.29) is 29.7 Å². The second kappa shape index (κ2) is 5.07. The molecule has 0 aromatic heterocycles. The van der Waals surface area contributed by atoms with Gasteiger partial charge in [0.25, 0.3) is 0 Å². The van der Waals surface area contributed by atoms with Gasteiger partial charge in [-0.05, 0) is 39.1 Å². The number of aromatic hydroxyl groups is 1. The van der Waals surface area contributed by atoms with Crippen molar-refractivity contribution < 1.29 is 14.3 Å². The fourth-order valence-electron chi connectivity index (χ4n) is 1.23. The minimum absolute atomic E-state index is 0.0347. The second-order valence-electron chi connectivity index (χ2n) is 4.09. The lowest BCUT2D eigenvalue weighted by Gasteiger charge is -2.20. The molecule has 0 atom stereocenters. The molecule has 0 radical (unpaired) electrons. The van der Waals surface area contributed by atoms with Gasteiger partial charge in [0.2, 0.25) is 0 Å². The van der Waals surface area contributed by atoms with Crippen LogP contribution in [0.15, 0.2) is 18.2 Å². The van der Waals surface area contributed by atoms with E-state index in [0.29, 0.717) is 0 Å². The maximum atomic E-state index is 12.9. The first-order valence-corrected chi connectivity index (χ1v) is 5.13. The van der Waals surface area contributed by atoms with Crippen LogP contribution in [0.25, 0.3) is 0 Å². The number of phenolic OH excluding ortho intramolecular Hbond substituents is 1. The zero-order chi connectivity index (χ0) is 12.3. The number of carbonyl (C=O) groups is 1. The summed E-state index contributed by atoms with van der Waals surface area (Å²) in [5.41, 5.74) is 0.0347. The van der Waals surface area contributed by atoms with Gasteiger partial charge in [0.15, 0.2) is 5.78 Å². The highest BCUT2D eigenvalue weighted by atomic mass is 19.1. The van der Waals surface area contributed by atoms with Crippen molar-refractivity contribution in [2.45, 2.75) is 19.9 Å². The van der Waals surface area contributed by atoms with Gasteiger partial charge in [-0.15, -0.1) is 0 Å². The van der Waals surface area contributed by atoms with E-state index in [1.54, 1.807) is 7.05 Å². The first-order valence-electron chi connectivity index (χ1n) is 5.13. The van der Waals surface area contributed by atoms with Crippen LogP contribution < -0.4 is 0 Å². The maximum Gasteiger partial charge on any atom is 0.180 e. The molecule has 0 fully saturated rings. The molecule has 3 nitrogen and oxygen atoms in total. The van der Waals surface area contributed by atoms with Gasteiger partial charge >= 0.3 is 0 Å². The van der Waals surface area contributed by atoms with Gasteiger partial charge in [0.1, 0.15) is 11.6 Å². The number of nitrogens with zero attached hydrogens (tertiary/aromatic N) is 1. The van der Waals surface area contributed by atoms with Crippen LogP contribution in [0.2, 0.25) is 0 Å². The van der Waals surface area contributed by atoms with Crippen molar-refractivity contribution in [1.82, 2.24) is 4.90 Å². The lowest BCUT2D eigenvalue weighted by molar-refractivity contribution is 0.0926. The molecular weight excluding hydrogens is 209 g/mol. The smallest absolute Gasteiger partial charge is 0.180 e. The Labute approximate surface area is 94.5 Å². The van der Waals surface area contributed by atoms with E-state index in [0.717, 1.165) is 12.1 Å². The number of hydrogen-bond acceptors (Lipinski definition) is 3. The average Bonchev–Trinajstić information content (AvgIpc) is 2.21. The van der Waals surface area contributed by atoms with Crippen LogP contribution in [0.3, 0.4) is 0 Å². The van der Waals surface area contributed by atoms with Gasteiger partial charge in [-0.1, -0.05) is 0 Å². The van der Waals surface area contributed by atoms with Crippen LogP contribution in [0.1, 0.15) is 24.2 Å². The Hall–Kier alpha value is -1.42. The van der Waals surface area contributed by atoms with Crippen molar-refractivity contribution in [2.75, 3.05) is 13.6 Å². The van der Waals surface area contributed by atoms with E-state index in [9.17, 15) is 14.3 Å². The monoisotopic (exact) mass is 225 g/mol. The molecule has 0 saturated heterocycles. The molecule has 1 N–H and O–H groups in total. The first-order chi connectivity index (χ1) is 7.41. The van der Waals surface area contributed by atoms with Crippen molar-refractivity contribution >= 4 is 5.78 Å². The predicted molar refractivity (Wildman–Crippen MR) is 60.2 cm³/mol. The van der Waals surface area contributed by atoms with Crippen molar-refractivity contribution in [3.63, 3.8) is 0 Å². The average molecular weight is 225 g/mol. The molecule has 0 aliphatic rings. The molecule has 1 rings (SSSR count). The Balaban J connectivity index is 2.84. The normalized spacial score (nSPS) is 11.1. The van der Waals surface area contributed by atoms with Crippen LogP contribution in [0, 0.1) is 5.82 Å². The lowest BCUT2D eigenvalue weighted by atomic mass is 10.1. The van der Waals surface area contributed by atoms with Crippen LogP contribution in [0.4, 0.5) is 4.39 Å². The summed E-state index contributed by atoms with van der Waals surface area (Å²) in [6, 6.07) is 3.60. The van der Waals surface area contributed by atoms with E-state index < -0.39 is 5.82 Å². The van der Waals surface area contributed by atoms with Crippen LogP contribution in [-0.4, -0.2) is 35.4 Å². The summed E-state index contributed by atoms with van der Waals surface area (Å²) >= 11 is 0. The predicted octanol–water partition coefficient (Wildman–Crippen LogP) is 2.05. The molecule has 16 heavy (non-hydrogen) atoms. The topological polar surface area (TPSA) is 40.5 Å². The molecule has 0 unspecified atom stereocenters. The van der Waals surface area contributed by atoms with Crippen LogP contribution >= 0.6 is 0 Å². The highest BCUT2D eigenvalue weighted by molar-refractivity contribution is 5.99. The first kappa shape index (κ1) is 12.6. The fraction of sp³-hybridized carbons (Fsp3) is 0.417. The zero-order valence-corrected chi connectivity index (χ0v) is 9.70. The molecule has 1 aromatic rings. The number of halogens is 1. The Kier molecular flexibility index (Phi) is 4.01. The third-order valence-electron chi connectivity index (χ3n) is 2.53. The van der Waals surface area contributed by atoms with Gasteiger partial charge in [-0.25, -0.2) is 4.39 Å². The number of rotatable bonds is 4.